The van der Waals surface area contributed by atoms with Crippen LogP contribution in [0.2, 0.25) is 0 Å². The van der Waals surface area contributed by atoms with E-state index in [1.54, 1.807) is 12.4 Å². The minimum Gasteiger partial charge on any atom is -0.338 e. The van der Waals surface area contributed by atoms with Crippen molar-refractivity contribution in [1.82, 2.24) is 9.97 Å². The Balaban J connectivity index is 1.61. The number of allylic oxidation sites excluding steroid dienone is 3. The number of nitrogens with one attached hydrogen (secondary N) is 1. The molecule has 2 unspecified atom stereocenters. The molecule has 1 heterocycles. The van der Waals surface area contributed by atoms with Crippen molar-refractivity contribution in [2.75, 3.05) is 5.32 Å². The van der Waals surface area contributed by atoms with E-state index in [-0.39, 0.29) is 5.56 Å². The lowest BCUT2D eigenvalue weighted by atomic mass is 9.93. The van der Waals surface area contributed by atoms with Crippen LogP contribution < -0.4 is 5.32 Å². The van der Waals surface area contributed by atoms with Gasteiger partial charge in [0.05, 0.1) is 29.3 Å². The molecule has 0 saturated heterocycles. The van der Waals surface area contributed by atoms with Crippen molar-refractivity contribution in [2.45, 2.75) is 46.5 Å². The van der Waals surface area contributed by atoms with Gasteiger partial charge in [-0.15, -0.1) is 0 Å². The highest BCUT2D eigenvalue weighted by atomic mass is 19.1. The number of fused-ring (bicyclic) bond motifs is 1. The third kappa shape index (κ3) is 3.34. The maximum Gasteiger partial charge on any atom is 0.148 e. The van der Waals surface area contributed by atoms with Gasteiger partial charge in [0.15, 0.2) is 0 Å². The molecule has 4 rings (SSSR count). The summed E-state index contributed by atoms with van der Waals surface area (Å²) in [6, 6.07) is 3.87. The molecule has 1 N–H and O–H groups in total. The van der Waals surface area contributed by atoms with E-state index in [0.29, 0.717) is 17.4 Å². The maximum atomic E-state index is 14.2. The number of benzene rings is 1. The van der Waals surface area contributed by atoms with Crippen LogP contribution in [-0.4, -0.2) is 9.97 Å². The number of nitrogens with zero attached hydrogens (tertiary/aromatic N) is 2. The Labute approximate surface area is 164 Å². The summed E-state index contributed by atoms with van der Waals surface area (Å²) in [5.41, 5.74) is 4.76. The van der Waals surface area contributed by atoms with Gasteiger partial charge in [-0.05, 0) is 69.6 Å². The van der Waals surface area contributed by atoms with Crippen molar-refractivity contribution in [1.29, 1.82) is 0 Å². The molecule has 2 aromatic rings. The number of rotatable bonds is 4. The lowest BCUT2D eigenvalue weighted by Crippen LogP contribution is -2.08. The smallest absolute Gasteiger partial charge is 0.148 e. The molecule has 0 amide bonds. The summed E-state index contributed by atoms with van der Waals surface area (Å²) in [7, 11) is 0. The van der Waals surface area contributed by atoms with Crippen molar-refractivity contribution < 1.29 is 8.78 Å². The highest BCUT2D eigenvalue weighted by Crippen LogP contribution is 2.50. The van der Waals surface area contributed by atoms with E-state index < -0.39 is 11.6 Å². The fourth-order valence-corrected chi connectivity index (χ4v) is 4.72. The maximum absolute atomic E-state index is 14.2. The third-order valence-electron chi connectivity index (χ3n) is 5.95. The van der Waals surface area contributed by atoms with Gasteiger partial charge in [-0.3, -0.25) is 4.98 Å². The largest absolute Gasteiger partial charge is 0.338 e. The summed E-state index contributed by atoms with van der Waals surface area (Å²) < 4.78 is 28.5. The Morgan fingerprint density at radius 3 is 2.46 bits per heavy atom. The molecule has 1 saturated carbocycles. The molecule has 0 spiro atoms. The minimum absolute atomic E-state index is 0.0727. The summed E-state index contributed by atoms with van der Waals surface area (Å²) in [5, 5.41) is 3.06. The number of aromatic nitrogens is 2. The molecular weight excluding hydrogens is 356 g/mol. The van der Waals surface area contributed by atoms with Gasteiger partial charge in [-0.2, -0.15) is 0 Å². The molecule has 1 aromatic heterocycles. The van der Waals surface area contributed by atoms with Crippen LogP contribution >= 0.6 is 0 Å². The normalized spacial score (nSPS) is 21.0. The zero-order valence-electron chi connectivity index (χ0n) is 16.5. The summed E-state index contributed by atoms with van der Waals surface area (Å²) in [6.07, 6.45) is 8.42. The van der Waals surface area contributed by atoms with Crippen LogP contribution in [0.15, 0.2) is 41.7 Å². The fourth-order valence-electron chi connectivity index (χ4n) is 4.72. The van der Waals surface area contributed by atoms with Gasteiger partial charge in [-0.1, -0.05) is 23.6 Å². The zero-order chi connectivity index (χ0) is 19.8. The average molecular weight is 381 g/mol. The van der Waals surface area contributed by atoms with Gasteiger partial charge < -0.3 is 5.32 Å². The van der Waals surface area contributed by atoms with Gasteiger partial charge in [0.25, 0.3) is 0 Å². The molecule has 0 radical (unpaired) electrons. The Morgan fingerprint density at radius 2 is 1.82 bits per heavy atom. The SMILES string of the molecule is CC(C)=C(Nc1cnc(C2=C(C)CC3CCCC23)cn1)c1c(F)cccc1F. The Kier molecular flexibility index (Phi) is 5.00. The first-order chi connectivity index (χ1) is 13.5. The molecule has 0 bridgehead atoms. The Morgan fingerprint density at radius 1 is 1.07 bits per heavy atom. The number of halogens is 2. The minimum atomic E-state index is -0.604. The summed E-state index contributed by atoms with van der Waals surface area (Å²) in [4.78, 5) is 9.12. The molecule has 146 valence electrons. The monoisotopic (exact) mass is 381 g/mol. The van der Waals surface area contributed by atoms with Crippen LogP contribution in [0, 0.1) is 23.5 Å². The molecule has 2 atom stereocenters. The molecule has 1 aromatic carbocycles. The lowest BCUT2D eigenvalue weighted by molar-refractivity contribution is 0.498. The van der Waals surface area contributed by atoms with Crippen LogP contribution in [-0.2, 0) is 0 Å². The van der Waals surface area contributed by atoms with Gasteiger partial charge in [0.1, 0.15) is 17.5 Å². The van der Waals surface area contributed by atoms with Crippen LogP contribution in [0.4, 0.5) is 14.6 Å². The fraction of sp³-hybridized carbons (Fsp3) is 0.391. The standard InChI is InChI=1S/C23H25F2N3/c1-13(2)23(22-17(24)8-5-9-18(22)25)28-20-12-26-19(11-27-20)21-14(3)10-15-6-4-7-16(15)21/h5,8-9,11-12,15-16H,4,6-7,10H2,1-3H3,(H,27,28). The second-order valence-electron chi connectivity index (χ2n) is 8.08. The number of anilines is 1. The Bertz CT molecular complexity index is 936. The first-order valence-electron chi connectivity index (χ1n) is 9.86. The van der Waals surface area contributed by atoms with Crippen LogP contribution in [0.25, 0.3) is 11.3 Å². The summed E-state index contributed by atoms with van der Waals surface area (Å²) >= 11 is 0. The molecule has 28 heavy (non-hydrogen) atoms. The van der Waals surface area contributed by atoms with Crippen LogP contribution in [0.5, 0.6) is 0 Å². The molecule has 0 aliphatic heterocycles. The summed E-state index contributed by atoms with van der Waals surface area (Å²) in [5.74, 6) is 0.631. The molecule has 2 aliphatic carbocycles. The lowest BCUT2D eigenvalue weighted by Gasteiger charge is -2.16. The van der Waals surface area contributed by atoms with Crippen molar-refractivity contribution in [3.63, 3.8) is 0 Å². The quantitative estimate of drug-likeness (QED) is 0.684. The highest BCUT2D eigenvalue weighted by molar-refractivity contribution is 5.78. The van der Waals surface area contributed by atoms with Gasteiger partial charge in [-0.25, -0.2) is 13.8 Å². The third-order valence-corrected chi connectivity index (χ3v) is 5.95. The highest BCUT2D eigenvalue weighted by Gasteiger charge is 2.37. The molecule has 1 fully saturated rings. The first-order valence-corrected chi connectivity index (χ1v) is 9.86. The zero-order valence-corrected chi connectivity index (χ0v) is 16.5. The van der Waals surface area contributed by atoms with Gasteiger partial charge >= 0.3 is 0 Å². The number of hydrogen-bond acceptors (Lipinski definition) is 3. The van der Waals surface area contributed by atoms with E-state index in [4.69, 9.17) is 0 Å². The van der Waals surface area contributed by atoms with Crippen molar-refractivity contribution in [3.8, 4) is 0 Å². The molecule has 5 heteroatoms. The van der Waals surface area contributed by atoms with Crippen LogP contribution in [0.1, 0.15) is 57.7 Å². The van der Waals surface area contributed by atoms with E-state index in [1.165, 1.54) is 48.6 Å². The molecule has 3 nitrogen and oxygen atoms in total. The van der Waals surface area contributed by atoms with E-state index in [2.05, 4.69) is 22.2 Å². The predicted molar refractivity (Wildman–Crippen MR) is 108 cm³/mol. The Hall–Kier alpha value is -2.56. The van der Waals surface area contributed by atoms with Crippen molar-refractivity contribution in [3.05, 3.63) is 64.6 Å². The van der Waals surface area contributed by atoms with Crippen molar-refractivity contribution in [2.24, 2.45) is 11.8 Å². The predicted octanol–water partition coefficient (Wildman–Crippen LogP) is 6.21. The van der Waals surface area contributed by atoms with E-state index in [9.17, 15) is 8.78 Å². The van der Waals surface area contributed by atoms with E-state index in [0.717, 1.165) is 23.6 Å². The molecular formula is C23H25F2N3. The van der Waals surface area contributed by atoms with E-state index in [1.807, 2.05) is 13.8 Å². The van der Waals surface area contributed by atoms with Gasteiger partial charge in [0, 0.05) is 0 Å². The van der Waals surface area contributed by atoms with Gasteiger partial charge in [0.2, 0.25) is 0 Å². The second-order valence-corrected chi connectivity index (χ2v) is 8.08. The molecule has 2 aliphatic rings. The average Bonchev–Trinajstić information content (AvgIpc) is 3.21. The van der Waals surface area contributed by atoms with E-state index >= 15 is 0 Å². The second kappa shape index (κ2) is 7.46. The van der Waals surface area contributed by atoms with Crippen LogP contribution in [0.3, 0.4) is 0 Å². The van der Waals surface area contributed by atoms with Crippen molar-refractivity contribution >= 4 is 17.1 Å². The summed E-state index contributed by atoms with van der Waals surface area (Å²) in [6.45, 7) is 5.82. The first kappa shape index (κ1) is 18.8. The number of hydrogen-bond donors (Lipinski definition) is 1. The topological polar surface area (TPSA) is 37.8 Å².